The van der Waals surface area contributed by atoms with Gasteiger partial charge in [-0.15, -0.1) is 0 Å². The highest BCUT2D eigenvalue weighted by Gasteiger charge is 2.46. The molecule has 13 heteroatoms. The third kappa shape index (κ3) is 7.15. The zero-order chi connectivity index (χ0) is 34.2. The van der Waals surface area contributed by atoms with Crippen LogP contribution in [0.25, 0.3) is 10.8 Å². The summed E-state index contributed by atoms with van der Waals surface area (Å²) < 4.78 is 34.8. The lowest BCUT2D eigenvalue weighted by Crippen LogP contribution is -2.57. The Morgan fingerprint density at radius 2 is 2.02 bits per heavy atom. The van der Waals surface area contributed by atoms with Crippen molar-refractivity contribution in [3.8, 4) is 12.1 Å². The van der Waals surface area contributed by atoms with Gasteiger partial charge in [-0.05, 0) is 59.6 Å². The van der Waals surface area contributed by atoms with E-state index in [1.165, 1.54) is 17.4 Å². The average molecular weight is 679 g/mol. The first-order chi connectivity index (χ1) is 22.9. The van der Waals surface area contributed by atoms with E-state index < -0.39 is 23.8 Å². The van der Waals surface area contributed by atoms with E-state index in [0.717, 1.165) is 40.1 Å². The number of rotatable bonds is 11. The molecule has 2 atom stereocenters. The molecule has 1 saturated heterocycles. The van der Waals surface area contributed by atoms with E-state index in [9.17, 15) is 18.8 Å². The van der Waals surface area contributed by atoms with Gasteiger partial charge in [0, 0.05) is 55.3 Å². The standard InChI is InChI=1S/C35H44F2N8O2S/c1-23-7-6-8-25-17-39-18-29(30(23)25)43-14-10-27-28(20-43)40-33(47-22-48-34(3,4)42(5)21-35(37)11-12-35)41-31(27)44-15-16-45(32(46)24(2)36)26(19-44)9-13-38/h6-8,17-18,24,26H,9-12,14-16,19-22H2,1-5H3/t24?,26-/m0/s1. The number of aromatic nitrogens is 3. The van der Waals surface area contributed by atoms with E-state index in [1.54, 1.807) is 11.8 Å². The molecule has 2 aliphatic heterocycles. The Labute approximate surface area is 285 Å². The summed E-state index contributed by atoms with van der Waals surface area (Å²) in [7, 11) is 1.93. The molecule has 0 bridgehead atoms. The molecule has 2 aromatic heterocycles. The number of thioether (sulfide) groups is 1. The number of piperazine rings is 1. The van der Waals surface area contributed by atoms with Crippen LogP contribution in [0.3, 0.4) is 0 Å². The lowest BCUT2D eigenvalue weighted by molar-refractivity contribution is -0.138. The molecule has 48 heavy (non-hydrogen) atoms. The van der Waals surface area contributed by atoms with Crippen molar-refractivity contribution in [3.05, 3.63) is 47.4 Å². The number of halogens is 2. The highest BCUT2D eigenvalue weighted by atomic mass is 32.2. The summed E-state index contributed by atoms with van der Waals surface area (Å²) in [5.41, 5.74) is 2.97. The van der Waals surface area contributed by atoms with Crippen LogP contribution in [0, 0.1) is 18.3 Å². The number of hydrogen-bond donors (Lipinski definition) is 0. The number of amides is 1. The fourth-order valence-corrected chi connectivity index (χ4v) is 7.39. The zero-order valence-corrected chi connectivity index (χ0v) is 29.2. The number of fused-ring (bicyclic) bond motifs is 2. The van der Waals surface area contributed by atoms with Crippen LogP contribution in [0.1, 0.15) is 56.9 Å². The van der Waals surface area contributed by atoms with Crippen molar-refractivity contribution < 1.29 is 18.3 Å². The van der Waals surface area contributed by atoms with Crippen molar-refractivity contribution in [1.82, 2.24) is 24.8 Å². The van der Waals surface area contributed by atoms with Crippen molar-refractivity contribution in [3.63, 3.8) is 0 Å². The molecule has 3 aromatic rings. The van der Waals surface area contributed by atoms with Crippen LogP contribution in [-0.2, 0) is 17.8 Å². The van der Waals surface area contributed by atoms with Gasteiger partial charge in [-0.1, -0.05) is 30.0 Å². The highest BCUT2D eigenvalue weighted by molar-refractivity contribution is 8.00. The summed E-state index contributed by atoms with van der Waals surface area (Å²) in [4.78, 5) is 34.6. The van der Waals surface area contributed by atoms with Gasteiger partial charge in [-0.3, -0.25) is 14.7 Å². The first-order valence-corrected chi connectivity index (χ1v) is 17.6. The molecule has 1 amide bonds. The fourth-order valence-electron chi connectivity index (χ4n) is 6.65. The number of alkyl halides is 2. The third-order valence-corrected chi connectivity index (χ3v) is 11.2. The van der Waals surface area contributed by atoms with Gasteiger partial charge in [-0.25, -0.2) is 8.78 Å². The predicted molar refractivity (Wildman–Crippen MR) is 185 cm³/mol. The summed E-state index contributed by atoms with van der Waals surface area (Å²) in [6.45, 7) is 10.2. The Morgan fingerprint density at radius 1 is 1.23 bits per heavy atom. The average Bonchev–Trinajstić information content (AvgIpc) is 3.79. The molecule has 1 aliphatic carbocycles. The lowest BCUT2D eigenvalue weighted by atomic mass is 10.0. The van der Waals surface area contributed by atoms with Crippen LogP contribution in [0.15, 0.2) is 30.6 Å². The molecule has 1 unspecified atom stereocenters. The normalized spacial score (nSPS) is 19.6. The van der Waals surface area contributed by atoms with Gasteiger partial charge in [-0.2, -0.15) is 15.2 Å². The molecule has 0 N–H and O–H groups in total. The van der Waals surface area contributed by atoms with Crippen LogP contribution in [0.4, 0.5) is 20.3 Å². The molecule has 1 saturated carbocycles. The number of anilines is 2. The van der Waals surface area contributed by atoms with Gasteiger partial charge in [0.2, 0.25) is 0 Å². The molecule has 1 aromatic carbocycles. The van der Waals surface area contributed by atoms with Gasteiger partial charge >= 0.3 is 6.01 Å². The SMILES string of the molecule is Cc1cccc2cncc(N3CCc4c(nc(OCSC(C)(C)N(C)CC5(F)CC5)nc4N4CCN(C(=O)C(C)F)[C@@H](CC#N)C4)C3)c12. The topological polar surface area (TPSA) is 102 Å². The van der Waals surface area contributed by atoms with E-state index in [-0.39, 0.29) is 29.8 Å². The van der Waals surface area contributed by atoms with E-state index in [1.807, 2.05) is 30.4 Å². The van der Waals surface area contributed by atoms with Crippen molar-refractivity contribution in [2.45, 2.75) is 82.7 Å². The molecule has 10 nitrogen and oxygen atoms in total. The molecule has 4 heterocycles. The van der Waals surface area contributed by atoms with E-state index >= 15 is 0 Å². The van der Waals surface area contributed by atoms with Crippen molar-refractivity contribution in [1.29, 1.82) is 5.26 Å². The van der Waals surface area contributed by atoms with Crippen molar-refractivity contribution in [2.24, 2.45) is 0 Å². The maximum atomic E-state index is 14.5. The van der Waals surface area contributed by atoms with Crippen LogP contribution >= 0.6 is 11.8 Å². The highest BCUT2D eigenvalue weighted by Crippen LogP contribution is 2.42. The number of ether oxygens (including phenoxy) is 1. The first-order valence-electron chi connectivity index (χ1n) is 16.6. The molecule has 0 spiro atoms. The number of hydrogen-bond acceptors (Lipinski definition) is 10. The Bertz CT molecular complexity index is 1710. The predicted octanol–water partition coefficient (Wildman–Crippen LogP) is 5.42. The van der Waals surface area contributed by atoms with Crippen LogP contribution in [-0.4, -0.2) is 99.1 Å². The van der Waals surface area contributed by atoms with E-state index in [4.69, 9.17) is 14.7 Å². The number of carbonyl (C=O) groups is 1. The second-order valence-corrected chi connectivity index (χ2v) is 15.3. The summed E-state index contributed by atoms with van der Waals surface area (Å²) in [6, 6.07) is 8.17. The van der Waals surface area contributed by atoms with Gasteiger partial charge in [0.1, 0.15) is 17.4 Å². The minimum atomic E-state index is -1.64. The van der Waals surface area contributed by atoms with Gasteiger partial charge in [0.25, 0.3) is 5.91 Å². The smallest absolute Gasteiger partial charge is 0.319 e. The van der Waals surface area contributed by atoms with Crippen molar-refractivity contribution in [2.75, 3.05) is 55.5 Å². The molecule has 3 aliphatic rings. The van der Waals surface area contributed by atoms with E-state index in [2.05, 4.69) is 53.8 Å². The van der Waals surface area contributed by atoms with Crippen LogP contribution in [0.2, 0.25) is 0 Å². The maximum absolute atomic E-state index is 14.5. The zero-order valence-electron chi connectivity index (χ0n) is 28.4. The van der Waals surface area contributed by atoms with Crippen LogP contribution in [0.5, 0.6) is 6.01 Å². The summed E-state index contributed by atoms with van der Waals surface area (Å²) in [5.74, 6) is 0.390. The quantitative estimate of drug-likeness (QED) is 0.244. The van der Waals surface area contributed by atoms with Crippen molar-refractivity contribution >= 4 is 39.9 Å². The van der Waals surface area contributed by atoms with Gasteiger partial charge in [0.05, 0.1) is 47.5 Å². The number of benzene rings is 1. The number of pyridine rings is 1. The Morgan fingerprint density at radius 3 is 2.75 bits per heavy atom. The number of carbonyl (C=O) groups excluding carboxylic acids is 1. The Balaban J connectivity index is 1.29. The third-order valence-electron chi connectivity index (χ3n) is 9.90. The molecule has 2 fully saturated rings. The largest absolute Gasteiger partial charge is 0.452 e. The molecular weight excluding hydrogens is 635 g/mol. The Kier molecular flexibility index (Phi) is 9.69. The second-order valence-electron chi connectivity index (χ2n) is 13.7. The number of nitrogens with zero attached hydrogens (tertiary/aromatic N) is 8. The van der Waals surface area contributed by atoms with Gasteiger partial charge < -0.3 is 19.4 Å². The molecule has 256 valence electrons. The molecule has 0 radical (unpaired) electrons. The summed E-state index contributed by atoms with van der Waals surface area (Å²) in [6.07, 6.45) is 4.14. The number of nitriles is 1. The Hall–Kier alpha value is -3.76. The minimum Gasteiger partial charge on any atom is -0.452 e. The minimum absolute atomic E-state index is 0.0895. The molecular formula is C35H44F2N8O2S. The van der Waals surface area contributed by atoms with E-state index in [0.29, 0.717) is 45.4 Å². The fraction of sp³-hybridized carbons (Fsp3) is 0.571. The van der Waals surface area contributed by atoms with Gasteiger partial charge in [0.15, 0.2) is 6.17 Å². The maximum Gasteiger partial charge on any atom is 0.319 e. The summed E-state index contributed by atoms with van der Waals surface area (Å²) in [5, 5.41) is 11.8. The summed E-state index contributed by atoms with van der Waals surface area (Å²) >= 11 is 1.55. The molecule has 6 rings (SSSR count). The second kappa shape index (κ2) is 13.6. The van der Waals surface area contributed by atoms with Crippen LogP contribution < -0.4 is 14.5 Å². The lowest BCUT2D eigenvalue weighted by Gasteiger charge is -2.42. The number of aryl methyl sites for hydroxylation is 1. The first kappa shape index (κ1) is 34.1. The monoisotopic (exact) mass is 678 g/mol.